The number of hydrogen-bond donors (Lipinski definition) is 0. The van der Waals surface area contributed by atoms with E-state index >= 15 is 0 Å². The second kappa shape index (κ2) is 9.37. The maximum absolute atomic E-state index is 13.5. The summed E-state index contributed by atoms with van der Waals surface area (Å²) in [4.78, 5) is 4.72. The van der Waals surface area contributed by atoms with Crippen LogP contribution in [0.3, 0.4) is 0 Å². The Kier molecular flexibility index (Phi) is 6.85. The lowest BCUT2D eigenvalue weighted by molar-refractivity contribution is 0.599. The van der Waals surface area contributed by atoms with Crippen molar-refractivity contribution in [2.75, 3.05) is 5.75 Å². The molecule has 0 radical (unpaired) electrons. The lowest BCUT2D eigenvalue weighted by Crippen LogP contribution is -2.24. The predicted octanol–water partition coefficient (Wildman–Crippen LogP) is 6.08. The SMILES string of the molecule is Cc1nc2c(c(C)c1C#N)C=C(C(=NS(=O)(=O)CC[Si](C)(C)C)c1c(C)c(C)c(C)c3c1ccn3C)C2. The zero-order valence-corrected chi connectivity index (χ0v) is 25.2. The van der Waals surface area contributed by atoms with Gasteiger partial charge < -0.3 is 4.57 Å². The Morgan fingerprint density at radius 3 is 2.41 bits per heavy atom. The summed E-state index contributed by atoms with van der Waals surface area (Å²) in [6.07, 6.45) is 4.49. The average molecular weight is 533 g/mol. The molecule has 2 aromatic heterocycles. The minimum absolute atomic E-state index is 0.0449. The molecule has 6 nitrogen and oxygen atoms in total. The van der Waals surface area contributed by atoms with E-state index in [4.69, 9.17) is 4.98 Å². The summed E-state index contributed by atoms with van der Waals surface area (Å²) in [5, 5.41) is 10.7. The molecule has 0 spiro atoms. The molecular formula is C29H36N4O2SSi. The Hall–Kier alpha value is -3.02. The minimum atomic E-state index is -3.72. The predicted molar refractivity (Wildman–Crippen MR) is 156 cm³/mol. The molecule has 0 atom stereocenters. The van der Waals surface area contributed by atoms with Crippen LogP contribution in [0, 0.1) is 45.9 Å². The van der Waals surface area contributed by atoms with Gasteiger partial charge in [0.15, 0.2) is 0 Å². The molecule has 0 N–H and O–H groups in total. The molecule has 0 aliphatic heterocycles. The molecule has 1 aliphatic carbocycles. The number of benzene rings is 1. The van der Waals surface area contributed by atoms with Crippen LogP contribution < -0.4 is 0 Å². The van der Waals surface area contributed by atoms with E-state index in [1.807, 2.05) is 33.2 Å². The van der Waals surface area contributed by atoms with Crippen LogP contribution in [0.1, 0.15) is 50.3 Å². The highest BCUT2D eigenvalue weighted by molar-refractivity contribution is 7.90. The Morgan fingerprint density at radius 1 is 1.11 bits per heavy atom. The fourth-order valence-corrected chi connectivity index (χ4v) is 9.29. The van der Waals surface area contributed by atoms with Crippen LogP contribution in [-0.2, 0) is 23.5 Å². The highest BCUT2D eigenvalue weighted by atomic mass is 32.2. The zero-order chi connectivity index (χ0) is 27.4. The number of rotatable bonds is 6. The van der Waals surface area contributed by atoms with Gasteiger partial charge >= 0.3 is 0 Å². The van der Waals surface area contributed by atoms with Gasteiger partial charge in [-0.2, -0.15) is 9.66 Å². The number of nitriles is 1. The first-order valence-electron chi connectivity index (χ1n) is 12.6. The molecule has 4 rings (SSSR count). The first-order chi connectivity index (χ1) is 17.1. The highest BCUT2D eigenvalue weighted by Gasteiger charge is 2.29. The first-order valence-corrected chi connectivity index (χ1v) is 18.0. The van der Waals surface area contributed by atoms with Gasteiger partial charge in [-0.1, -0.05) is 19.6 Å². The summed E-state index contributed by atoms with van der Waals surface area (Å²) in [6, 6.07) is 4.98. The van der Waals surface area contributed by atoms with Crippen molar-refractivity contribution in [1.82, 2.24) is 9.55 Å². The van der Waals surface area contributed by atoms with Gasteiger partial charge in [0.05, 0.1) is 33.9 Å². The molecular weight excluding hydrogens is 496 g/mol. The van der Waals surface area contributed by atoms with E-state index in [2.05, 4.69) is 61.5 Å². The smallest absolute Gasteiger partial charge is 0.253 e. The second-order valence-corrected chi connectivity index (χ2v) is 18.9. The number of fused-ring (bicyclic) bond motifs is 2. The van der Waals surface area contributed by atoms with Crippen LogP contribution in [0.2, 0.25) is 25.7 Å². The summed E-state index contributed by atoms with van der Waals surface area (Å²) < 4.78 is 33.6. The topological polar surface area (TPSA) is 88.1 Å². The quantitative estimate of drug-likeness (QED) is 0.284. The molecule has 0 amide bonds. The van der Waals surface area contributed by atoms with E-state index in [9.17, 15) is 13.7 Å². The lowest BCUT2D eigenvalue weighted by atomic mass is 9.89. The molecule has 3 aromatic rings. The van der Waals surface area contributed by atoms with E-state index in [0.29, 0.717) is 29.4 Å². The van der Waals surface area contributed by atoms with E-state index < -0.39 is 18.1 Å². The number of allylic oxidation sites excluding steroid dienone is 1. The number of sulfonamides is 1. The van der Waals surface area contributed by atoms with Gasteiger partial charge in [0, 0.05) is 44.3 Å². The minimum Gasteiger partial charge on any atom is -0.350 e. The van der Waals surface area contributed by atoms with Gasteiger partial charge in [0.25, 0.3) is 10.0 Å². The van der Waals surface area contributed by atoms with Crippen molar-refractivity contribution in [3.63, 3.8) is 0 Å². The number of pyridine rings is 1. The number of hydrogen-bond acceptors (Lipinski definition) is 4. The number of aromatic nitrogens is 2. The summed E-state index contributed by atoms with van der Waals surface area (Å²) in [5.74, 6) is 0.0449. The molecule has 2 heterocycles. The van der Waals surface area contributed by atoms with E-state index in [1.165, 1.54) is 5.56 Å². The van der Waals surface area contributed by atoms with Crippen LogP contribution in [-0.4, -0.2) is 37.5 Å². The fourth-order valence-electron chi connectivity index (χ4n) is 5.23. The van der Waals surface area contributed by atoms with Crippen LogP contribution in [0.25, 0.3) is 17.0 Å². The second-order valence-electron chi connectivity index (χ2n) is 11.5. The Balaban J connectivity index is 2.01. The zero-order valence-electron chi connectivity index (χ0n) is 23.4. The summed E-state index contributed by atoms with van der Waals surface area (Å²) in [7, 11) is -3.28. The average Bonchev–Trinajstić information content (AvgIpc) is 3.39. The van der Waals surface area contributed by atoms with E-state index in [0.717, 1.165) is 50.0 Å². The summed E-state index contributed by atoms with van der Waals surface area (Å²) in [6.45, 7) is 16.6. The molecule has 1 aromatic carbocycles. The van der Waals surface area contributed by atoms with Gasteiger partial charge in [-0.25, -0.2) is 8.42 Å². The molecule has 0 unspecified atom stereocenters. The molecule has 0 bridgehead atoms. The van der Waals surface area contributed by atoms with E-state index in [-0.39, 0.29) is 5.75 Å². The Morgan fingerprint density at radius 2 is 1.78 bits per heavy atom. The summed E-state index contributed by atoms with van der Waals surface area (Å²) in [5.41, 5.74) is 10.5. The standard InChI is InChI=1S/C29H36N4O2SSi/c1-17-18(2)27(23-10-11-33(6)29(23)19(17)3)28(32-36(34,35)12-13-37(7,8)9)22-14-24-20(4)25(16-30)21(5)31-26(24)15-22/h10-11,14H,12-13,15H2,1-9H3. The van der Waals surface area contributed by atoms with Crippen molar-refractivity contribution in [3.05, 3.63) is 68.2 Å². The van der Waals surface area contributed by atoms with Crippen molar-refractivity contribution >= 4 is 40.8 Å². The van der Waals surface area contributed by atoms with Gasteiger partial charge in [-0.05, 0) is 80.6 Å². The molecule has 0 saturated carbocycles. The monoisotopic (exact) mass is 532 g/mol. The number of aryl methyl sites for hydroxylation is 3. The van der Waals surface area contributed by atoms with Crippen LogP contribution >= 0.6 is 0 Å². The molecule has 8 heteroatoms. The summed E-state index contributed by atoms with van der Waals surface area (Å²) >= 11 is 0. The van der Waals surface area contributed by atoms with Gasteiger partial charge in [0.2, 0.25) is 0 Å². The third kappa shape index (κ3) is 4.95. The maximum Gasteiger partial charge on any atom is 0.253 e. The highest BCUT2D eigenvalue weighted by Crippen LogP contribution is 2.36. The first kappa shape index (κ1) is 27.0. The Labute approximate surface area is 221 Å². The van der Waals surface area contributed by atoms with Crippen molar-refractivity contribution < 1.29 is 8.42 Å². The molecule has 194 valence electrons. The van der Waals surface area contributed by atoms with Crippen LogP contribution in [0.5, 0.6) is 0 Å². The van der Waals surface area contributed by atoms with Crippen molar-refractivity contribution in [1.29, 1.82) is 5.26 Å². The normalized spacial score (nSPS) is 14.2. The van der Waals surface area contributed by atoms with Crippen LogP contribution in [0.4, 0.5) is 0 Å². The molecule has 37 heavy (non-hydrogen) atoms. The van der Waals surface area contributed by atoms with Crippen LogP contribution in [0.15, 0.2) is 22.2 Å². The number of nitrogens with zero attached hydrogens (tertiary/aromatic N) is 4. The third-order valence-corrected chi connectivity index (χ3v) is 10.9. The molecule has 0 saturated heterocycles. The third-order valence-electron chi connectivity index (χ3n) is 7.62. The van der Waals surface area contributed by atoms with Gasteiger partial charge in [-0.3, -0.25) is 4.98 Å². The fraction of sp³-hybridized carbons (Fsp3) is 0.414. The van der Waals surface area contributed by atoms with Gasteiger partial charge in [0.1, 0.15) is 6.07 Å². The Bertz CT molecular complexity index is 1660. The van der Waals surface area contributed by atoms with Crippen molar-refractivity contribution in [2.24, 2.45) is 11.4 Å². The molecule has 1 aliphatic rings. The largest absolute Gasteiger partial charge is 0.350 e. The van der Waals surface area contributed by atoms with Gasteiger partial charge in [-0.15, -0.1) is 0 Å². The van der Waals surface area contributed by atoms with Crippen molar-refractivity contribution in [2.45, 2.75) is 66.7 Å². The maximum atomic E-state index is 13.5. The van der Waals surface area contributed by atoms with E-state index in [1.54, 1.807) is 0 Å². The van der Waals surface area contributed by atoms with Crippen molar-refractivity contribution in [3.8, 4) is 6.07 Å². The molecule has 0 fully saturated rings. The lowest BCUT2D eigenvalue weighted by Gasteiger charge is -2.19.